The second kappa shape index (κ2) is 11.0. The van der Waals surface area contributed by atoms with Gasteiger partial charge in [0.1, 0.15) is 19.0 Å². The van der Waals surface area contributed by atoms with Gasteiger partial charge in [0.25, 0.3) is 0 Å². The van der Waals surface area contributed by atoms with Gasteiger partial charge in [-0.05, 0) is 45.5 Å². The lowest BCUT2D eigenvalue weighted by molar-refractivity contribution is -0.137. The first-order valence-electron chi connectivity index (χ1n) is 12.2. The van der Waals surface area contributed by atoms with E-state index in [-0.39, 0.29) is 18.9 Å². The molecule has 5 rings (SSSR count). The van der Waals surface area contributed by atoms with Gasteiger partial charge < -0.3 is 19.9 Å². The van der Waals surface area contributed by atoms with Crippen LogP contribution in [0.5, 0.6) is 5.75 Å². The summed E-state index contributed by atoms with van der Waals surface area (Å²) in [6.07, 6.45) is -0.949. The molecule has 4 aromatic rings. The molecule has 2 N–H and O–H groups in total. The van der Waals surface area contributed by atoms with E-state index in [2.05, 4.69) is 29.6 Å². The maximum absolute atomic E-state index is 12.8. The van der Waals surface area contributed by atoms with Crippen molar-refractivity contribution in [1.82, 2.24) is 5.32 Å². The Kier molecular flexibility index (Phi) is 7.17. The fourth-order valence-electron chi connectivity index (χ4n) is 4.77. The molecule has 0 spiro atoms. The third-order valence-corrected chi connectivity index (χ3v) is 6.52. The van der Waals surface area contributed by atoms with E-state index in [0.717, 1.165) is 27.8 Å². The SMILES string of the molecule is O=C(O)CC(NC(=O)OCC1c2ccccc2-c2ccccc21)c1cccc(OCc2ccccc2)c1. The van der Waals surface area contributed by atoms with E-state index in [1.807, 2.05) is 54.6 Å². The molecule has 6 heteroatoms. The average molecular weight is 494 g/mol. The number of ether oxygens (including phenoxy) is 2. The normalized spacial score (nSPS) is 12.8. The number of nitrogens with one attached hydrogen (secondary N) is 1. The second-order valence-electron chi connectivity index (χ2n) is 8.97. The lowest BCUT2D eigenvalue weighted by Crippen LogP contribution is -2.31. The number of hydrogen-bond donors (Lipinski definition) is 2. The van der Waals surface area contributed by atoms with Crippen LogP contribution < -0.4 is 10.1 Å². The van der Waals surface area contributed by atoms with Gasteiger partial charge in [0.15, 0.2) is 0 Å². The van der Waals surface area contributed by atoms with Gasteiger partial charge in [-0.15, -0.1) is 0 Å². The summed E-state index contributed by atoms with van der Waals surface area (Å²) >= 11 is 0. The molecule has 1 aliphatic carbocycles. The van der Waals surface area contributed by atoms with Crippen molar-refractivity contribution in [2.45, 2.75) is 25.0 Å². The van der Waals surface area contributed by atoms with Crippen molar-refractivity contribution in [2.75, 3.05) is 6.61 Å². The summed E-state index contributed by atoms with van der Waals surface area (Å²) in [7, 11) is 0. The molecule has 0 bridgehead atoms. The van der Waals surface area contributed by atoms with Crippen molar-refractivity contribution in [3.8, 4) is 16.9 Å². The number of alkyl carbamates (subject to hydrolysis) is 1. The van der Waals surface area contributed by atoms with E-state index < -0.39 is 18.1 Å². The molecule has 0 aliphatic heterocycles. The van der Waals surface area contributed by atoms with Crippen LogP contribution in [-0.2, 0) is 16.1 Å². The number of carboxylic acids is 1. The average Bonchev–Trinajstić information content (AvgIpc) is 3.24. The maximum Gasteiger partial charge on any atom is 0.407 e. The molecule has 1 aliphatic rings. The first-order valence-corrected chi connectivity index (χ1v) is 12.2. The molecule has 1 unspecified atom stereocenters. The standard InChI is InChI=1S/C31H27NO5/c33-30(34)18-29(22-11-8-12-23(17-22)36-19-21-9-2-1-3-10-21)32-31(35)37-20-28-26-15-6-4-13-24(26)25-14-5-7-16-27(25)28/h1-17,28-29H,18-20H2,(H,32,35)(H,33,34). The van der Waals surface area contributed by atoms with Crippen LogP contribution in [0.2, 0.25) is 0 Å². The molecule has 0 heterocycles. The topological polar surface area (TPSA) is 84.9 Å². The number of carbonyl (C=O) groups is 2. The number of fused-ring (bicyclic) bond motifs is 3. The lowest BCUT2D eigenvalue weighted by Gasteiger charge is -2.20. The molecule has 0 fully saturated rings. The van der Waals surface area contributed by atoms with Gasteiger partial charge in [-0.3, -0.25) is 4.79 Å². The van der Waals surface area contributed by atoms with E-state index in [0.29, 0.717) is 17.9 Å². The number of amides is 1. The maximum atomic E-state index is 12.8. The molecule has 0 aromatic heterocycles. The summed E-state index contributed by atoms with van der Waals surface area (Å²) < 4.78 is 11.5. The molecule has 1 amide bonds. The monoisotopic (exact) mass is 493 g/mol. The first-order chi connectivity index (χ1) is 18.1. The fourth-order valence-corrected chi connectivity index (χ4v) is 4.77. The summed E-state index contributed by atoms with van der Waals surface area (Å²) in [4.78, 5) is 24.4. The minimum absolute atomic E-state index is 0.0780. The first kappa shape index (κ1) is 24.1. The number of hydrogen-bond acceptors (Lipinski definition) is 4. The molecular formula is C31H27NO5. The molecule has 0 radical (unpaired) electrons. The van der Waals surface area contributed by atoms with Crippen molar-refractivity contribution < 1.29 is 24.2 Å². The van der Waals surface area contributed by atoms with Crippen LogP contribution >= 0.6 is 0 Å². The van der Waals surface area contributed by atoms with E-state index in [1.165, 1.54) is 0 Å². The third kappa shape index (κ3) is 5.64. The Hall–Kier alpha value is -4.58. The Labute approximate surface area is 215 Å². The van der Waals surface area contributed by atoms with Gasteiger partial charge in [0.2, 0.25) is 0 Å². The summed E-state index contributed by atoms with van der Waals surface area (Å²) in [6.45, 7) is 0.535. The molecular weight excluding hydrogens is 466 g/mol. The van der Waals surface area contributed by atoms with Gasteiger partial charge in [-0.1, -0.05) is 91.0 Å². The summed E-state index contributed by atoms with van der Waals surface area (Å²) in [5.74, 6) is -0.517. The van der Waals surface area contributed by atoms with Crippen molar-refractivity contribution in [1.29, 1.82) is 0 Å². The minimum Gasteiger partial charge on any atom is -0.489 e. The van der Waals surface area contributed by atoms with Crippen LogP contribution in [0.15, 0.2) is 103 Å². The molecule has 0 saturated heterocycles. The predicted octanol–water partition coefficient (Wildman–Crippen LogP) is 6.32. The summed E-state index contributed by atoms with van der Waals surface area (Å²) in [6, 6.07) is 32.3. The number of carbonyl (C=O) groups excluding carboxylic acids is 1. The zero-order chi connectivity index (χ0) is 25.6. The number of benzene rings is 4. The third-order valence-electron chi connectivity index (χ3n) is 6.52. The predicted molar refractivity (Wildman–Crippen MR) is 140 cm³/mol. The molecule has 37 heavy (non-hydrogen) atoms. The van der Waals surface area contributed by atoms with E-state index in [9.17, 15) is 14.7 Å². The van der Waals surface area contributed by atoms with E-state index in [1.54, 1.807) is 24.3 Å². The zero-order valence-corrected chi connectivity index (χ0v) is 20.2. The van der Waals surface area contributed by atoms with Crippen molar-refractivity contribution in [3.63, 3.8) is 0 Å². The molecule has 4 aromatic carbocycles. The van der Waals surface area contributed by atoms with Crippen LogP contribution in [0.25, 0.3) is 11.1 Å². The summed E-state index contributed by atoms with van der Waals surface area (Å²) in [5, 5.41) is 12.2. The highest BCUT2D eigenvalue weighted by Gasteiger charge is 2.29. The van der Waals surface area contributed by atoms with Crippen LogP contribution in [0, 0.1) is 0 Å². The minimum atomic E-state index is -1.03. The summed E-state index contributed by atoms with van der Waals surface area (Å²) in [5.41, 5.74) is 6.16. The molecule has 0 saturated carbocycles. The smallest absolute Gasteiger partial charge is 0.407 e. The van der Waals surface area contributed by atoms with Gasteiger partial charge in [-0.2, -0.15) is 0 Å². The van der Waals surface area contributed by atoms with E-state index >= 15 is 0 Å². The quantitative estimate of drug-likeness (QED) is 0.285. The van der Waals surface area contributed by atoms with Crippen molar-refractivity contribution in [3.05, 3.63) is 125 Å². The largest absolute Gasteiger partial charge is 0.489 e. The Morgan fingerprint density at radius 1 is 0.811 bits per heavy atom. The Balaban J connectivity index is 1.26. The van der Waals surface area contributed by atoms with Gasteiger partial charge in [-0.25, -0.2) is 4.79 Å². The molecule has 186 valence electrons. The number of carboxylic acid groups (broad SMARTS) is 1. The zero-order valence-electron chi connectivity index (χ0n) is 20.2. The number of aliphatic carboxylic acids is 1. The highest BCUT2D eigenvalue weighted by Crippen LogP contribution is 2.44. The second-order valence-corrected chi connectivity index (χ2v) is 8.97. The number of rotatable bonds is 9. The molecule has 6 nitrogen and oxygen atoms in total. The lowest BCUT2D eigenvalue weighted by atomic mass is 9.98. The van der Waals surface area contributed by atoms with Crippen molar-refractivity contribution >= 4 is 12.1 Å². The van der Waals surface area contributed by atoms with E-state index in [4.69, 9.17) is 9.47 Å². The van der Waals surface area contributed by atoms with Crippen LogP contribution in [0.1, 0.15) is 40.6 Å². The van der Waals surface area contributed by atoms with Crippen LogP contribution in [0.3, 0.4) is 0 Å². The Morgan fingerprint density at radius 3 is 2.14 bits per heavy atom. The Morgan fingerprint density at radius 2 is 1.46 bits per heavy atom. The highest BCUT2D eigenvalue weighted by atomic mass is 16.5. The van der Waals surface area contributed by atoms with Gasteiger partial charge in [0, 0.05) is 5.92 Å². The van der Waals surface area contributed by atoms with Crippen LogP contribution in [0.4, 0.5) is 4.79 Å². The van der Waals surface area contributed by atoms with Crippen LogP contribution in [-0.4, -0.2) is 23.8 Å². The highest BCUT2D eigenvalue weighted by molar-refractivity contribution is 5.79. The van der Waals surface area contributed by atoms with Gasteiger partial charge in [0.05, 0.1) is 12.5 Å². The molecule has 1 atom stereocenters. The fraction of sp³-hybridized carbons (Fsp3) is 0.161. The van der Waals surface area contributed by atoms with Crippen molar-refractivity contribution in [2.24, 2.45) is 0 Å². The van der Waals surface area contributed by atoms with Gasteiger partial charge >= 0.3 is 12.1 Å². The Bertz CT molecular complexity index is 1360.